The van der Waals surface area contributed by atoms with Gasteiger partial charge in [-0.15, -0.1) is 0 Å². The van der Waals surface area contributed by atoms with Gasteiger partial charge < -0.3 is 5.32 Å². The van der Waals surface area contributed by atoms with Crippen molar-refractivity contribution >= 4 is 0 Å². The van der Waals surface area contributed by atoms with Crippen molar-refractivity contribution in [3.05, 3.63) is 0 Å². The standard InChI is InChI=1S/C18H38N2/c1-5-8-9-10-11-12-13-14-20-16-18(6-2,7-3)19-15-17(20)4/h17,19H,5-16H2,1-4H3. The second-order valence-corrected chi connectivity index (χ2v) is 6.81. The lowest BCUT2D eigenvalue weighted by molar-refractivity contribution is 0.0792. The summed E-state index contributed by atoms with van der Waals surface area (Å²) in [6, 6.07) is 0.710. The van der Waals surface area contributed by atoms with Gasteiger partial charge in [-0.25, -0.2) is 0 Å². The lowest BCUT2D eigenvalue weighted by Crippen LogP contribution is -2.63. The zero-order valence-corrected chi connectivity index (χ0v) is 14.5. The average molecular weight is 283 g/mol. The molecule has 0 radical (unpaired) electrons. The summed E-state index contributed by atoms with van der Waals surface area (Å²) in [4.78, 5) is 2.73. The molecule has 2 heteroatoms. The Labute approximate surface area is 127 Å². The number of nitrogens with one attached hydrogen (secondary N) is 1. The van der Waals surface area contributed by atoms with Gasteiger partial charge in [0.2, 0.25) is 0 Å². The van der Waals surface area contributed by atoms with Crippen LogP contribution in [0.5, 0.6) is 0 Å². The molecule has 0 spiro atoms. The van der Waals surface area contributed by atoms with Crippen LogP contribution in [0.3, 0.4) is 0 Å². The minimum atomic E-state index is 0.383. The lowest BCUT2D eigenvalue weighted by Gasteiger charge is -2.46. The van der Waals surface area contributed by atoms with E-state index in [0.29, 0.717) is 11.6 Å². The summed E-state index contributed by atoms with van der Waals surface area (Å²) in [5.41, 5.74) is 0.383. The molecule has 0 saturated carbocycles. The summed E-state index contributed by atoms with van der Waals surface area (Å²) in [5.74, 6) is 0. The maximum absolute atomic E-state index is 3.79. The summed E-state index contributed by atoms with van der Waals surface area (Å²) < 4.78 is 0. The van der Waals surface area contributed by atoms with Crippen molar-refractivity contribution in [3.63, 3.8) is 0 Å². The molecule has 2 nitrogen and oxygen atoms in total. The Hall–Kier alpha value is -0.0800. The zero-order chi connectivity index (χ0) is 14.8. The molecular formula is C18H38N2. The number of rotatable bonds is 10. The Morgan fingerprint density at radius 3 is 2.15 bits per heavy atom. The Morgan fingerprint density at radius 1 is 0.950 bits per heavy atom. The monoisotopic (exact) mass is 282 g/mol. The Bertz CT molecular complexity index is 236. The minimum absolute atomic E-state index is 0.383. The summed E-state index contributed by atoms with van der Waals surface area (Å²) in [6.45, 7) is 13.0. The first-order chi connectivity index (χ1) is 9.67. The van der Waals surface area contributed by atoms with Crippen LogP contribution in [0.2, 0.25) is 0 Å². The molecule has 0 bridgehead atoms. The molecule has 1 N–H and O–H groups in total. The Morgan fingerprint density at radius 2 is 1.55 bits per heavy atom. The van der Waals surface area contributed by atoms with E-state index in [9.17, 15) is 0 Å². The minimum Gasteiger partial charge on any atom is -0.308 e. The molecule has 1 aliphatic heterocycles. The van der Waals surface area contributed by atoms with Crippen LogP contribution < -0.4 is 5.32 Å². The van der Waals surface area contributed by atoms with Crippen LogP contribution in [0.15, 0.2) is 0 Å². The normalized spacial score (nSPS) is 23.1. The van der Waals surface area contributed by atoms with Crippen molar-refractivity contribution in [2.45, 2.75) is 97.1 Å². The molecule has 1 rings (SSSR count). The first kappa shape index (κ1) is 18.0. The van der Waals surface area contributed by atoms with Crippen LogP contribution in [-0.2, 0) is 0 Å². The smallest absolute Gasteiger partial charge is 0.0304 e. The molecule has 1 unspecified atom stereocenters. The predicted molar refractivity (Wildman–Crippen MR) is 90.3 cm³/mol. The van der Waals surface area contributed by atoms with Crippen molar-refractivity contribution in [2.24, 2.45) is 0 Å². The first-order valence-electron chi connectivity index (χ1n) is 9.16. The van der Waals surface area contributed by atoms with Crippen molar-refractivity contribution in [1.29, 1.82) is 0 Å². The van der Waals surface area contributed by atoms with Crippen molar-refractivity contribution in [3.8, 4) is 0 Å². The first-order valence-corrected chi connectivity index (χ1v) is 9.16. The van der Waals surface area contributed by atoms with Crippen molar-refractivity contribution in [2.75, 3.05) is 19.6 Å². The van der Waals surface area contributed by atoms with Crippen LogP contribution in [-0.4, -0.2) is 36.1 Å². The number of piperazine rings is 1. The Balaban J connectivity index is 2.20. The van der Waals surface area contributed by atoms with Gasteiger partial charge in [-0.3, -0.25) is 4.90 Å². The number of unbranched alkanes of at least 4 members (excludes halogenated alkanes) is 6. The molecule has 0 aliphatic carbocycles. The fourth-order valence-electron chi connectivity index (χ4n) is 3.39. The van der Waals surface area contributed by atoms with E-state index in [0.717, 1.165) is 6.54 Å². The third-order valence-electron chi connectivity index (χ3n) is 5.30. The third-order valence-corrected chi connectivity index (χ3v) is 5.30. The highest BCUT2D eigenvalue weighted by molar-refractivity contribution is 4.95. The van der Waals surface area contributed by atoms with E-state index in [1.165, 1.54) is 70.9 Å². The molecule has 1 fully saturated rings. The van der Waals surface area contributed by atoms with Gasteiger partial charge in [0.15, 0.2) is 0 Å². The van der Waals surface area contributed by atoms with E-state index < -0.39 is 0 Å². The molecule has 0 aromatic rings. The van der Waals surface area contributed by atoms with Crippen molar-refractivity contribution in [1.82, 2.24) is 10.2 Å². The highest BCUT2D eigenvalue weighted by Crippen LogP contribution is 2.23. The number of nitrogens with zero attached hydrogens (tertiary/aromatic N) is 1. The average Bonchev–Trinajstić information content (AvgIpc) is 2.48. The van der Waals surface area contributed by atoms with Gasteiger partial charge in [-0.1, -0.05) is 59.3 Å². The van der Waals surface area contributed by atoms with Crippen LogP contribution >= 0.6 is 0 Å². The topological polar surface area (TPSA) is 15.3 Å². The summed E-state index contributed by atoms with van der Waals surface area (Å²) in [5, 5.41) is 3.79. The second kappa shape index (κ2) is 9.78. The van der Waals surface area contributed by atoms with E-state index in [-0.39, 0.29) is 0 Å². The maximum Gasteiger partial charge on any atom is 0.0304 e. The predicted octanol–water partition coefficient (Wildman–Crippen LogP) is 4.59. The van der Waals surface area contributed by atoms with E-state index in [2.05, 4.69) is 37.9 Å². The fourth-order valence-corrected chi connectivity index (χ4v) is 3.39. The van der Waals surface area contributed by atoms with Gasteiger partial charge in [0.05, 0.1) is 0 Å². The molecule has 1 aliphatic rings. The molecular weight excluding hydrogens is 244 g/mol. The highest BCUT2D eigenvalue weighted by Gasteiger charge is 2.34. The summed E-state index contributed by atoms with van der Waals surface area (Å²) in [7, 11) is 0. The van der Waals surface area contributed by atoms with Crippen LogP contribution in [0.25, 0.3) is 0 Å². The van der Waals surface area contributed by atoms with Crippen LogP contribution in [0, 0.1) is 0 Å². The van der Waals surface area contributed by atoms with Gasteiger partial charge in [0, 0.05) is 24.7 Å². The van der Waals surface area contributed by atoms with Crippen LogP contribution in [0.4, 0.5) is 0 Å². The second-order valence-electron chi connectivity index (χ2n) is 6.81. The SMILES string of the molecule is CCCCCCCCCN1CC(CC)(CC)NCC1C. The molecule has 1 saturated heterocycles. The van der Waals surface area contributed by atoms with E-state index >= 15 is 0 Å². The molecule has 0 amide bonds. The van der Waals surface area contributed by atoms with E-state index in [4.69, 9.17) is 0 Å². The van der Waals surface area contributed by atoms with Gasteiger partial charge in [0.1, 0.15) is 0 Å². The van der Waals surface area contributed by atoms with Crippen molar-refractivity contribution < 1.29 is 0 Å². The molecule has 20 heavy (non-hydrogen) atoms. The van der Waals surface area contributed by atoms with Crippen LogP contribution in [0.1, 0.15) is 85.5 Å². The zero-order valence-electron chi connectivity index (χ0n) is 14.5. The van der Waals surface area contributed by atoms with E-state index in [1.54, 1.807) is 0 Å². The quantitative estimate of drug-likeness (QED) is 0.590. The van der Waals surface area contributed by atoms with Gasteiger partial charge in [-0.05, 0) is 32.7 Å². The van der Waals surface area contributed by atoms with E-state index in [1.807, 2.05) is 0 Å². The number of hydrogen-bond acceptors (Lipinski definition) is 2. The largest absolute Gasteiger partial charge is 0.308 e. The molecule has 120 valence electrons. The molecule has 1 atom stereocenters. The lowest BCUT2D eigenvalue weighted by atomic mass is 9.88. The van der Waals surface area contributed by atoms with Gasteiger partial charge in [0.25, 0.3) is 0 Å². The fraction of sp³-hybridized carbons (Fsp3) is 1.00. The van der Waals surface area contributed by atoms with Gasteiger partial charge in [-0.2, -0.15) is 0 Å². The maximum atomic E-state index is 3.79. The van der Waals surface area contributed by atoms with Gasteiger partial charge >= 0.3 is 0 Å². The molecule has 0 aromatic carbocycles. The summed E-state index contributed by atoms with van der Waals surface area (Å²) in [6.07, 6.45) is 12.4. The Kier molecular flexibility index (Phi) is 8.79. The molecule has 0 aromatic heterocycles. The highest BCUT2D eigenvalue weighted by atomic mass is 15.2. The summed E-state index contributed by atoms with van der Waals surface area (Å²) >= 11 is 0. The third kappa shape index (κ3) is 5.73. The molecule has 1 heterocycles. The number of hydrogen-bond donors (Lipinski definition) is 1.